The van der Waals surface area contributed by atoms with Crippen molar-refractivity contribution < 1.29 is 23.5 Å². The number of aryl methyl sites for hydroxylation is 1. The van der Waals surface area contributed by atoms with Gasteiger partial charge in [0.05, 0.1) is 14.2 Å². The molecule has 0 N–H and O–H groups in total. The number of hydrogen-bond donors (Lipinski definition) is 0. The molecule has 0 atom stereocenters. The number of halogens is 1. The molecule has 2 aromatic carbocycles. The third kappa shape index (κ3) is 5.28. The summed E-state index contributed by atoms with van der Waals surface area (Å²) in [6, 6.07) is 11.3. The molecule has 6 nitrogen and oxygen atoms in total. The van der Waals surface area contributed by atoms with Crippen LogP contribution in [-0.2, 0) is 11.2 Å². The highest BCUT2D eigenvalue weighted by atomic mass is 19.1. The molecule has 1 aliphatic heterocycles. The van der Waals surface area contributed by atoms with Gasteiger partial charge in [-0.25, -0.2) is 4.39 Å². The van der Waals surface area contributed by atoms with Crippen molar-refractivity contribution in [2.75, 3.05) is 40.4 Å². The van der Waals surface area contributed by atoms with Gasteiger partial charge in [-0.2, -0.15) is 0 Å². The zero-order valence-corrected chi connectivity index (χ0v) is 17.4. The lowest BCUT2D eigenvalue weighted by molar-refractivity contribution is -0.131. The lowest BCUT2D eigenvalue weighted by Gasteiger charge is -2.22. The van der Waals surface area contributed by atoms with E-state index in [9.17, 15) is 14.0 Å². The normalized spacial score (nSPS) is 14.2. The van der Waals surface area contributed by atoms with E-state index >= 15 is 0 Å². The summed E-state index contributed by atoms with van der Waals surface area (Å²) in [5.74, 6) is 0.770. The van der Waals surface area contributed by atoms with Gasteiger partial charge in [0.15, 0.2) is 11.5 Å². The Hall–Kier alpha value is -3.09. The van der Waals surface area contributed by atoms with Crippen LogP contribution in [0.15, 0.2) is 42.5 Å². The number of carbonyl (C=O) groups excluding carboxylic acids is 2. The zero-order valence-electron chi connectivity index (χ0n) is 17.4. The average Bonchev–Trinajstić information content (AvgIpc) is 3.04. The molecular formula is C23H27FN2O4. The SMILES string of the molecule is COc1ccc(C(=O)N2CCCN(C(=O)CCc3ccc(F)cc3)CC2)cc1OC. The van der Waals surface area contributed by atoms with Gasteiger partial charge >= 0.3 is 0 Å². The number of nitrogens with zero attached hydrogens (tertiary/aromatic N) is 2. The van der Waals surface area contributed by atoms with E-state index in [4.69, 9.17) is 9.47 Å². The van der Waals surface area contributed by atoms with E-state index < -0.39 is 0 Å². The van der Waals surface area contributed by atoms with Gasteiger partial charge in [0.1, 0.15) is 5.82 Å². The van der Waals surface area contributed by atoms with Gasteiger partial charge in [-0.1, -0.05) is 12.1 Å². The monoisotopic (exact) mass is 414 g/mol. The van der Waals surface area contributed by atoms with Crippen molar-refractivity contribution in [2.45, 2.75) is 19.3 Å². The fourth-order valence-corrected chi connectivity index (χ4v) is 3.58. The predicted octanol–water partition coefficient (Wildman–Crippen LogP) is 3.15. The van der Waals surface area contributed by atoms with E-state index in [1.807, 2.05) is 4.90 Å². The summed E-state index contributed by atoms with van der Waals surface area (Å²) in [6.07, 6.45) is 1.67. The molecule has 0 aliphatic carbocycles. The standard InChI is InChI=1S/C23H27FN2O4/c1-29-20-10-7-18(16-21(20)30-2)23(28)26-13-3-12-25(14-15-26)22(27)11-6-17-4-8-19(24)9-5-17/h4-5,7-10,16H,3,6,11-15H2,1-2H3. The number of amides is 2. The highest BCUT2D eigenvalue weighted by Gasteiger charge is 2.23. The summed E-state index contributed by atoms with van der Waals surface area (Å²) in [7, 11) is 3.09. The Morgan fingerprint density at radius 1 is 0.900 bits per heavy atom. The second kappa shape index (κ2) is 10.1. The van der Waals surface area contributed by atoms with Crippen molar-refractivity contribution in [2.24, 2.45) is 0 Å². The van der Waals surface area contributed by atoms with E-state index in [1.165, 1.54) is 19.2 Å². The first-order chi connectivity index (χ1) is 14.5. The first kappa shape index (κ1) is 21.6. The Morgan fingerprint density at radius 3 is 2.27 bits per heavy atom. The third-order valence-corrected chi connectivity index (χ3v) is 5.31. The van der Waals surface area contributed by atoms with Crippen molar-refractivity contribution in [3.05, 3.63) is 59.4 Å². The Morgan fingerprint density at radius 2 is 1.57 bits per heavy atom. The van der Waals surface area contributed by atoms with E-state index in [0.717, 1.165) is 12.0 Å². The minimum absolute atomic E-state index is 0.0553. The lowest BCUT2D eigenvalue weighted by Crippen LogP contribution is -2.37. The van der Waals surface area contributed by atoms with Gasteiger partial charge in [0.2, 0.25) is 5.91 Å². The number of methoxy groups -OCH3 is 2. The van der Waals surface area contributed by atoms with Crippen LogP contribution in [0.3, 0.4) is 0 Å². The zero-order chi connectivity index (χ0) is 21.5. The van der Waals surface area contributed by atoms with E-state index in [-0.39, 0.29) is 17.6 Å². The number of hydrogen-bond acceptors (Lipinski definition) is 4. The maximum atomic E-state index is 13.0. The van der Waals surface area contributed by atoms with Gasteiger partial charge in [-0.3, -0.25) is 9.59 Å². The third-order valence-electron chi connectivity index (χ3n) is 5.31. The van der Waals surface area contributed by atoms with E-state index in [1.54, 1.807) is 42.3 Å². The van der Waals surface area contributed by atoms with Gasteiger partial charge in [-0.05, 0) is 48.7 Å². The molecule has 0 saturated carbocycles. The molecular weight excluding hydrogens is 387 g/mol. The van der Waals surface area contributed by atoms with E-state index in [0.29, 0.717) is 56.1 Å². The summed E-state index contributed by atoms with van der Waals surface area (Å²) in [5.41, 5.74) is 1.47. The number of carbonyl (C=O) groups is 2. The molecule has 2 aromatic rings. The maximum Gasteiger partial charge on any atom is 0.254 e. The average molecular weight is 414 g/mol. The molecule has 0 spiro atoms. The number of rotatable bonds is 6. The van der Waals surface area contributed by atoms with Crippen LogP contribution in [0, 0.1) is 5.82 Å². The Labute approximate surface area is 176 Å². The highest BCUT2D eigenvalue weighted by molar-refractivity contribution is 5.95. The van der Waals surface area contributed by atoms with Crippen molar-refractivity contribution >= 4 is 11.8 Å². The summed E-state index contributed by atoms with van der Waals surface area (Å²) in [5, 5.41) is 0. The first-order valence-electron chi connectivity index (χ1n) is 10.1. The van der Waals surface area contributed by atoms with Crippen LogP contribution in [0.1, 0.15) is 28.8 Å². The largest absolute Gasteiger partial charge is 0.493 e. The molecule has 0 aromatic heterocycles. The van der Waals surface area contributed by atoms with Crippen LogP contribution in [0.25, 0.3) is 0 Å². The summed E-state index contributed by atoms with van der Waals surface area (Å²) in [4.78, 5) is 29.1. The molecule has 1 saturated heterocycles. The van der Waals surface area contributed by atoms with Crippen LogP contribution in [0.2, 0.25) is 0 Å². The smallest absolute Gasteiger partial charge is 0.254 e. The fraction of sp³-hybridized carbons (Fsp3) is 0.391. The number of ether oxygens (including phenoxy) is 2. The van der Waals surface area contributed by atoms with E-state index in [2.05, 4.69) is 0 Å². The minimum atomic E-state index is -0.281. The maximum absolute atomic E-state index is 13.0. The highest BCUT2D eigenvalue weighted by Crippen LogP contribution is 2.28. The Bertz CT molecular complexity index is 885. The van der Waals surface area contributed by atoms with Gasteiger partial charge in [-0.15, -0.1) is 0 Å². The second-order valence-electron chi connectivity index (χ2n) is 7.22. The Kier molecular flexibility index (Phi) is 7.27. The predicted molar refractivity (Wildman–Crippen MR) is 111 cm³/mol. The molecule has 30 heavy (non-hydrogen) atoms. The molecule has 1 aliphatic rings. The van der Waals surface area contributed by atoms with Gasteiger partial charge in [0, 0.05) is 38.2 Å². The molecule has 0 unspecified atom stereocenters. The van der Waals surface area contributed by atoms with Gasteiger partial charge in [0.25, 0.3) is 5.91 Å². The van der Waals surface area contributed by atoms with Crippen LogP contribution in [-0.4, -0.2) is 62.0 Å². The Balaban J connectivity index is 1.56. The van der Waals surface area contributed by atoms with Crippen LogP contribution in [0.5, 0.6) is 11.5 Å². The molecule has 0 radical (unpaired) electrons. The van der Waals surface area contributed by atoms with Crippen LogP contribution >= 0.6 is 0 Å². The van der Waals surface area contributed by atoms with Crippen molar-refractivity contribution in [3.63, 3.8) is 0 Å². The lowest BCUT2D eigenvalue weighted by atomic mass is 10.1. The molecule has 1 heterocycles. The molecule has 7 heteroatoms. The van der Waals surface area contributed by atoms with Crippen molar-refractivity contribution in [1.29, 1.82) is 0 Å². The molecule has 3 rings (SSSR count). The molecule has 160 valence electrons. The molecule has 1 fully saturated rings. The topological polar surface area (TPSA) is 59.1 Å². The van der Waals surface area contributed by atoms with Crippen LogP contribution < -0.4 is 9.47 Å². The van der Waals surface area contributed by atoms with Gasteiger partial charge < -0.3 is 19.3 Å². The van der Waals surface area contributed by atoms with Crippen LogP contribution in [0.4, 0.5) is 4.39 Å². The molecule has 0 bridgehead atoms. The summed E-state index contributed by atoms with van der Waals surface area (Å²) in [6.45, 7) is 2.20. The summed E-state index contributed by atoms with van der Waals surface area (Å²) >= 11 is 0. The van der Waals surface area contributed by atoms with Crippen molar-refractivity contribution in [3.8, 4) is 11.5 Å². The first-order valence-corrected chi connectivity index (χ1v) is 10.1. The minimum Gasteiger partial charge on any atom is -0.493 e. The number of benzene rings is 2. The quantitative estimate of drug-likeness (QED) is 0.729. The second-order valence-corrected chi connectivity index (χ2v) is 7.22. The summed E-state index contributed by atoms with van der Waals surface area (Å²) < 4.78 is 23.5. The van der Waals surface area contributed by atoms with Crippen molar-refractivity contribution in [1.82, 2.24) is 9.80 Å². The fourth-order valence-electron chi connectivity index (χ4n) is 3.58. The molecule has 2 amide bonds.